The summed E-state index contributed by atoms with van der Waals surface area (Å²) in [6.07, 6.45) is 4.51. The maximum absolute atomic E-state index is 14.5. The first-order valence-corrected chi connectivity index (χ1v) is 9.58. The van der Waals surface area contributed by atoms with Crippen LogP contribution in [0.5, 0.6) is 0 Å². The molecule has 0 radical (unpaired) electrons. The Morgan fingerprint density at radius 3 is 2.79 bits per heavy atom. The van der Waals surface area contributed by atoms with Crippen LogP contribution in [0.25, 0.3) is 10.9 Å². The van der Waals surface area contributed by atoms with E-state index in [1.165, 1.54) is 0 Å². The second kappa shape index (κ2) is 8.87. The number of carbonyl (C=O) groups excluding carboxylic acids is 1. The zero-order valence-electron chi connectivity index (χ0n) is 16.6. The van der Waals surface area contributed by atoms with Crippen molar-refractivity contribution in [2.24, 2.45) is 18.5 Å². The zero-order chi connectivity index (χ0) is 21.0. The molecule has 1 atom stereocenters. The number of fused-ring (bicyclic) bond motifs is 1. The number of benzene rings is 1. The van der Waals surface area contributed by atoms with Gasteiger partial charge in [-0.3, -0.25) is 9.48 Å². The SMILES string of the molecule is CCCCC(CN)Nc1nc(Nc2ccc3c(cnn3C)c2)c(C(N)=O)cc1F. The number of nitrogens with two attached hydrogens (primary N) is 2. The van der Waals surface area contributed by atoms with Gasteiger partial charge >= 0.3 is 0 Å². The summed E-state index contributed by atoms with van der Waals surface area (Å²) >= 11 is 0. The van der Waals surface area contributed by atoms with Crippen molar-refractivity contribution in [2.75, 3.05) is 17.2 Å². The minimum Gasteiger partial charge on any atom is -0.365 e. The number of unbranched alkanes of at least 4 members (excludes halogenated alkanes) is 1. The molecule has 3 rings (SSSR count). The number of aromatic nitrogens is 3. The molecule has 0 saturated carbocycles. The highest BCUT2D eigenvalue weighted by atomic mass is 19.1. The minimum atomic E-state index is -0.769. The summed E-state index contributed by atoms with van der Waals surface area (Å²) in [5.74, 6) is -1.21. The zero-order valence-corrected chi connectivity index (χ0v) is 16.6. The van der Waals surface area contributed by atoms with Gasteiger partial charge in [-0.05, 0) is 30.7 Å². The number of primary amides is 1. The highest BCUT2D eigenvalue weighted by molar-refractivity contribution is 5.99. The number of nitrogens with zero attached hydrogens (tertiary/aromatic N) is 3. The van der Waals surface area contributed by atoms with E-state index in [0.29, 0.717) is 12.2 Å². The Bertz CT molecular complexity index is 1020. The van der Waals surface area contributed by atoms with Gasteiger partial charge in [-0.15, -0.1) is 0 Å². The van der Waals surface area contributed by atoms with Gasteiger partial charge in [-0.2, -0.15) is 5.10 Å². The molecule has 154 valence electrons. The molecule has 3 aromatic rings. The third kappa shape index (κ3) is 4.62. The lowest BCUT2D eigenvalue weighted by Crippen LogP contribution is -2.30. The third-order valence-corrected chi connectivity index (χ3v) is 4.78. The van der Waals surface area contributed by atoms with Crippen LogP contribution in [0, 0.1) is 5.82 Å². The van der Waals surface area contributed by atoms with E-state index in [9.17, 15) is 9.18 Å². The van der Waals surface area contributed by atoms with Gasteiger partial charge in [-0.25, -0.2) is 9.37 Å². The van der Waals surface area contributed by atoms with Crippen LogP contribution >= 0.6 is 0 Å². The number of amides is 1. The second-order valence-electron chi connectivity index (χ2n) is 6.97. The van der Waals surface area contributed by atoms with E-state index < -0.39 is 11.7 Å². The van der Waals surface area contributed by atoms with Gasteiger partial charge in [0.25, 0.3) is 5.91 Å². The van der Waals surface area contributed by atoms with Crippen molar-refractivity contribution >= 4 is 34.1 Å². The first-order chi connectivity index (χ1) is 13.9. The molecule has 1 unspecified atom stereocenters. The average Bonchev–Trinajstić information content (AvgIpc) is 3.07. The number of nitrogens with one attached hydrogen (secondary N) is 2. The van der Waals surface area contributed by atoms with Gasteiger partial charge in [0.15, 0.2) is 11.6 Å². The number of hydrogen-bond acceptors (Lipinski definition) is 6. The summed E-state index contributed by atoms with van der Waals surface area (Å²) in [5.41, 5.74) is 12.8. The number of hydrogen-bond donors (Lipinski definition) is 4. The number of rotatable bonds is 9. The molecular weight excluding hydrogens is 373 g/mol. The van der Waals surface area contributed by atoms with E-state index in [2.05, 4.69) is 27.6 Å². The Balaban J connectivity index is 1.93. The number of anilines is 3. The fourth-order valence-corrected chi connectivity index (χ4v) is 3.14. The first-order valence-electron chi connectivity index (χ1n) is 9.58. The Morgan fingerprint density at radius 2 is 2.10 bits per heavy atom. The maximum atomic E-state index is 14.5. The monoisotopic (exact) mass is 399 g/mol. The fourth-order valence-electron chi connectivity index (χ4n) is 3.14. The summed E-state index contributed by atoms with van der Waals surface area (Å²) < 4.78 is 16.3. The van der Waals surface area contributed by atoms with Crippen LogP contribution in [0.4, 0.5) is 21.7 Å². The van der Waals surface area contributed by atoms with E-state index in [1.54, 1.807) is 10.9 Å². The summed E-state index contributed by atoms with van der Waals surface area (Å²) in [7, 11) is 1.85. The van der Waals surface area contributed by atoms with Crippen molar-refractivity contribution in [3.63, 3.8) is 0 Å². The molecule has 1 aromatic carbocycles. The largest absolute Gasteiger partial charge is 0.365 e. The number of aryl methyl sites for hydroxylation is 1. The van der Waals surface area contributed by atoms with Crippen LogP contribution in [-0.4, -0.2) is 33.3 Å². The van der Waals surface area contributed by atoms with Crippen molar-refractivity contribution < 1.29 is 9.18 Å². The van der Waals surface area contributed by atoms with Crippen LogP contribution in [0.2, 0.25) is 0 Å². The molecule has 0 saturated heterocycles. The number of pyridine rings is 1. The molecule has 6 N–H and O–H groups in total. The summed E-state index contributed by atoms with van der Waals surface area (Å²) in [4.78, 5) is 16.1. The molecule has 8 nitrogen and oxygen atoms in total. The summed E-state index contributed by atoms with van der Waals surface area (Å²) in [5, 5.41) is 11.2. The van der Waals surface area contributed by atoms with Gasteiger partial charge in [0.2, 0.25) is 0 Å². The lowest BCUT2D eigenvalue weighted by Gasteiger charge is -2.19. The molecule has 29 heavy (non-hydrogen) atoms. The lowest BCUT2D eigenvalue weighted by molar-refractivity contribution is 0.100. The highest BCUT2D eigenvalue weighted by Crippen LogP contribution is 2.26. The van der Waals surface area contributed by atoms with Crippen molar-refractivity contribution in [3.05, 3.63) is 41.8 Å². The van der Waals surface area contributed by atoms with Crippen molar-refractivity contribution in [3.8, 4) is 0 Å². The van der Waals surface area contributed by atoms with Crippen molar-refractivity contribution in [2.45, 2.75) is 32.2 Å². The van der Waals surface area contributed by atoms with Gasteiger partial charge < -0.3 is 22.1 Å². The van der Waals surface area contributed by atoms with E-state index in [-0.39, 0.29) is 23.2 Å². The molecular formula is C20H26FN7O. The van der Waals surface area contributed by atoms with E-state index in [1.807, 2.05) is 25.2 Å². The molecule has 9 heteroatoms. The standard InChI is InChI=1S/C20H26FN7O/c1-3-4-5-14(10-22)26-20-16(21)9-15(18(23)29)19(27-20)25-13-6-7-17-12(8-13)11-24-28(17)2/h6-9,11,14H,3-5,10,22H2,1-2H3,(H2,23,29)(H2,25,26,27). The normalized spacial score (nSPS) is 12.1. The molecule has 2 heterocycles. The lowest BCUT2D eigenvalue weighted by atomic mass is 10.1. The number of halogens is 1. The smallest absolute Gasteiger partial charge is 0.252 e. The molecule has 2 aromatic heterocycles. The summed E-state index contributed by atoms with van der Waals surface area (Å²) in [6, 6.07) is 6.57. The fraction of sp³-hybridized carbons (Fsp3) is 0.350. The average molecular weight is 399 g/mol. The Labute approximate surface area is 168 Å². The third-order valence-electron chi connectivity index (χ3n) is 4.78. The minimum absolute atomic E-state index is 0.0304. The van der Waals surface area contributed by atoms with Gasteiger partial charge in [0.05, 0.1) is 17.3 Å². The molecule has 0 aliphatic rings. The van der Waals surface area contributed by atoms with E-state index in [4.69, 9.17) is 11.5 Å². The quantitative estimate of drug-likeness (QED) is 0.439. The molecule has 0 aliphatic carbocycles. The summed E-state index contributed by atoms with van der Waals surface area (Å²) in [6.45, 7) is 2.42. The topological polar surface area (TPSA) is 124 Å². The highest BCUT2D eigenvalue weighted by Gasteiger charge is 2.18. The maximum Gasteiger partial charge on any atom is 0.252 e. The van der Waals surface area contributed by atoms with Gasteiger partial charge in [0, 0.05) is 30.7 Å². The van der Waals surface area contributed by atoms with Crippen LogP contribution in [-0.2, 0) is 7.05 Å². The molecule has 0 fully saturated rings. The Morgan fingerprint density at radius 1 is 1.31 bits per heavy atom. The second-order valence-corrected chi connectivity index (χ2v) is 6.97. The van der Waals surface area contributed by atoms with Crippen LogP contribution in [0.3, 0.4) is 0 Å². The number of carbonyl (C=O) groups is 1. The molecule has 0 bridgehead atoms. The van der Waals surface area contributed by atoms with Crippen LogP contribution in [0.15, 0.2) is 30.5 Å². The Kier molecular flexibility index (Phi) is 6.28. The van der Waals surface area contributed by atoms with E-state index in [0.717, 1.165) is 36.2 Å². The Hall–Kier alpha value is -3.20. The van der Waals surface area contributed by atoms with Crippen LogP contribution in [0.1, 0.15) is 36.5 Å². The first kappa shape index (κ1) is 20.5. The van der Waals surface area contributed by atoms with Crippen LogP contribution < -0.4 is 22.1 Å². The molecule has 0 spiro atoms. The van der Waals surface area contributed by atoms with Gasteiger partial charge in [0.1, 0.15) is 5.82 Å². The van der Waals surface area contributed by atoms with E-state index >= 15 is 0 Å². The molecule has 0 aliphatic heterocycles. The van der Waals surface area contributed by atoms with Crippen molar-refractivity contribution in [1.82, 2.24) is 14.8 Å². The van der Waals surface area contributed by atoms with Gasteiger partial charge in [-0.1, -0.05) is 19.8 Å². The van der Waals surface area contributed by atoms with Crippen molar-refractivity contribution in [1.29, 1.82) is 0 Å². The predicted octanol–water partition coefficient (Wildman–Crippen LogP) is 2.88. The molecule has 1 amide bonds. The predicted molar refractivity (Wildman–Crippen MR) is 113 cm³/mol.